The molecule has 0 bridgehead atoms. The van der Waals surface area contributed by atoms with Crippen LogP contribution < -0.4 is 0 Å². The molecule has 2 aliphatic rings. The predicted octanol–water partition coefficient (Wildman–Crippen LogP) is 4.89. The van der Waals surface area contributed by atoms with Crippen molar-refractivity contribution in [3.63, 3.8) is 0 Å². The van der Waals surface area contributed by atoms with Crippen LogP contribution in [0.15, 0.2) is 36.4 Å². The van der Waals surface area contributed by atoms with Gasteiger partial charge in [0, 0.05) is 0 Å². The van der Waals surface area contributed by atoms with Gasteiger partial charge in [-0.3, -0.25) is 9.59 Å². The molecule has 1 atom stereocenters. The molecular formula is C23H23FO3. The van der Waals surface area contributed by atoms with Crippen molar-refractivity contribution in [2.24, 2.45) is 0 Å². The number of Topliss-reactive ketones (excluding diaryl/α,β-unsaturated/α-hetero) is 1. The van der Waals surface area contributed by atoms with Crippen molar-refractivity contribution >= 4 is 11.8 Å². The molecule has 1 unspecified atom stereocenters. The lowest BCUT2D eigenvalue weighted by Crippen LogP contribution is -2.33. The molecule has 1 saturated carbocycles. The molecular weight excluding hydrogens is 343 g/mol. The fourth-order valence-corrected chi connectivity index (χ4v) is 4.65. The fourth-order valence-electron chi connectivity index (χ4n) is 4.65. The van der Waals surface area contributed by atoms with Gasteiger partial charge in [0.05, 0.1) is 0 Å². The normalized spacial score (nSPS) is 21.1. The van der Waals surface area contributed by atoms with Crippen LogP contribution in [0.1, 0.15) is 55.2 Å². The van der Waals surface area contributed by atoms with Gasteiger partial charge in [0.25, 0.3) is 0 Å². The molecule has 0 amide bonds. The Morgan fingerprint density at radius 3 is 2.37 bits per heavy atom. The minimum atomic E-state index is -0.912. The topological polar surface area (TPSA) is 43.4 Å². The Bertz CT molecular complexity index is 908. The molecule has 2 aromatic carbocycles. The van der Waals surface area contributed by atoms with Crippen LogP contribution in [-0.4, -0.2) is 17.4 Å². The van der Waals surface area contributed by atoms with Crippen LogP contribution in [0, 0.1) is 12.7 Å². The molecule has 27 heavy (non-hydrogen) atoms. The maximum absolute atomic E-state index is 13.3. The number of ether oxygens (including phenoxy) is 1. The Morgan fingerprint density at radius 2 is 1.74 bits per heavy atom. The molecule has 4 rings (SSSR count). The van der Waals surface area contributed by atoms with Crippen LogP contribution in [0.2, 0.25) is 0 Å². The highest BCUT2D eigenvalue weighted by Crippen LogP contribution is 2.46. The van der Waals surface area contributed by atoms with E-state index in [9.17, 15) is 14.0 Å². The molecule has 1 saturated heterocycles. The molecule has 2 fully saturated rings. The third-order valence-electron chi connectivity index (χ3n) is 6.08. The number of halogens is 1. The smallest absolute Gasteiger partial charge is 0.322 e. The highest BCUT2D eigenvalue weighted by atomic mass is 19.1. The highest BCUT2D eigenvalue weighted by molar-refractivity contribution is 6.14. The third-order valence-corrected chi connectivity index (χ3v) is 6.08. The molecule has 1 heterocycles. The van der Waals surface area contributed by atoms with Gasteiger partial charge in [-0.05, 0) is 79.0 Å². The van der Waals surface area contributed by atoms with Crippen molar-refractivity contribution in [3.05, 3.63) is 58.9 Å². The zero-order valence-electron chi connectivity index (χ0n) is 15.7. The number of benzene rings is 2. The van der Waals surface area contributed by atoms with Crippen LogP contribution in [-0.2, 0) is 20.7 Å². The van der Waals surface area contributed by atoms with Gasteiger partial charge in [-0.2, -0.15) is 0 Å². The fraction of sp³-hybridized carbons (Fsp3) is 0.391. The number of hydrogen-bond donors (Lipinski definition) is 0. The quantitative estimate of drug-likeness (QED) is 0.574. The van der Waals surface area contributed by atoms with Gasteiger partial charge in [0.2, 0.25) is 0 Å². The summed E-state index contributed by atoms with van der Waals surface area (Å²) in [6.45, 7) is 3.96. The average Bonchev–Trinajstić information content (AvgIpc) is 3.22. The SMILES string of the molecule is CCc1ccc(-c2ccc(F)cc2)c(C)c1C1C(=O)OC2(CCCC2)C1=O. The van der Waals surface area contributed by atoms with Gasteiger partial charge in [-0.15, -0.1) is 0 Å². The van der Waals surface area contributed by atoms with E-state index in [1.165, 1.54) is 12.1 Å². The summed E-state index contributed by atoms with van der Waals surface area (Å²) in [6.07, 6.45) is 3.82. The van der Waals surface area contributed by atoms with Crippen LogP contribution >= 0.6 is 0 Å². The third kappa shape index (κ3) is 2.78. The van der Waals surface area contributed by atoms with Crippen LogP contribution in [0.3, 0.4) is 0 Å². The molecule has 1 spiro atoms. The molecule has 2 aromatic rings. The lowest BCUT2D eigenvalue weighted by molar-refractivity contribution is -0.151. The van der Waals surface area contributed by atoms with E-state index in [4.69, 9.17) is 4.74 Å². The monoisotopic (exact) mass is 366 g/mol. The second-order valence-corrected chi connectivity index (χ2v) is 7.59. The molecule has 0 radical (unpaired) electrons. The second-order valence-electron chi connectivity index (χ2n) is 7.59. The number of hydrogen-bond acceptors (Lipinski definition) is 3. The maximum atomic E-state index is 13.3. The van der Waals surface area contributed by atoms with Crippen molar-refractivity contribution in [2.45, 2.75) is 57.5 Å². The molecule has 0 N–H and O–H groups in total. The molecule has 1 aliphatic heterocycles. The van der Waals surface area contributed by atoms with Crippen LogP contribution in [0.5, 0.6) is 0 Å². The summed E-state index contributed by atoms with van der Waals surface area (Å²) in [5.41, 5.74) is 3.53. The van der Waals surface area contributed by atoms with E-state index in [1.54, 1.807) is 12.1 Å². The van der Waals surface area contributed by atoms with Gasteiger partial charge in [0.1, 0.15) is 11.7 Å². The van der Waals surface area contributed by atoms with Crippen LogP contribution in [0.4, 0.5) is 4.39 Å². The van der Waals surface area contributed by atoms with E-state index in [2.05, 4.69) is 0 Å². The average molecular weight is 366 g/mol. The largest absolute Gasteiger partial charge is 0.450 e. The summed E-state index contributed by atoms with van der Waals surface area (Å²) in [4.78, 5) is 26.0. The zero-order chi connectivity index (χ0) is 19.2. The van der Waals surface area contributed by atoms with E-state index in [-0.39, 0.29) is 11.6 Å². The summed E-state index contributed by atoms with van der Waals surface area (Å²) >= 11 is 0. The van der Waals surface area contributed by atoms with E-state index in [0.29, 0.717) is 12.8 Å². The van der Waals surface area contributed by atoms with E-state index < -0.39 is 17.5 Å². The van der Waals surface area contributed by atoms with Crippen LogP contribution in [0.25, 0.3) is 11.1 Å². The van der Waals surface area contributed by atoms with Gasteiger partial charge < -0.3 is 4.74 Å². The van der Waals surface area contributed by atoms with Gasteiger partial charge in [-0.25, -0.2) is 4.39 Å². The minimum Gasteiger partial charge on any atom is -0.450 e. The van der Waals surface area contributed by atoms with Crippen molar-refractivity contribution in [2.75, 3.05) is 0 Å². The summed E-state index contributed by atoms with van der Waals surface area (Å²) in [5, 5.41) is 0. The first kappa shape index (κ1) is 17.9. The number of esters is 1. The Kier molecular flexibility index (Phi) is 4.37. The van der Waals surface area contributed by atoms with Gasteiger partial charge in [0.15, 0.2) is 11.4 Å². The predicted molar refractivity (Wildman–Crippen MR) is 101 cm³/mol. The number of carbonyl (C=O) groups is 2. The maximum Gasteiger partial charge on any atom is 0.322 e. The number of ketones is 1. The summed E-state index contributed by atoms with van der Waals surface area (Å²) in [6, 6.07) is 10.2. The lowest BCUT2D eigenvalue weighted by atomic mass is 9.80. The Morgan fingerprint density at radius 1 is 1.07 bits per heavy atom. The zero-order valence-corrected chi connectivity index (χ0v) is 15.7. The number of carbonyl (C=O) groups excluding carboxylic acids is 2. The Balaban J connectivity index is 1.84. The summed E-state index contributed by atoms with van der Waals surface area (Å²) in [7, 11) is 0. The van der Waals surface area contributed by atoms with E-state index >= 15 is 0 Å². The highest BCUT2D eigenvalue weighted by Gasteiger charge is 2.57. The molecule has 3 nitrogen and oxygen atoms in total. The number of rotatable bonds is 3. The Labute approximate surface area is 158 Å². The van der Waals surface area contributed by atoms with Gasteiger partial charge in [-0.1, -0.05) is 31.2 Å². The lowest BCUT2D eigenvalue weighted by Gasteiger charge is -2.20. The number of aryl methyl sites for hydroxylation is 1. The van der Waals surface area contributed by atoms with Gasteiger partial charge >= 0.3 is 5.97 Å². The molecule has 0 aromatic heterocycles. The van der Waals surface area contributed by atoms with Crippen molar-refractivity contribution in [3.8, 4) is 11.1 Å². The van der Waals surface area contributed by atoms with Crippen molar-refractivity contribution < 1.29 is 18.7 Å². The first-order valence-corrected chi connectivity index (χ1v) is 9.62. The summed E-state index contributed by atoms with van der Waals surface area (Å²) in [5.74, 6) is -1.65. The first-order valence-electron chi connectivity index (χ1n) is 9.62. The minimum absolute atomic E-state index is 0.0842. The molecule has 1 aliphatic carbocycles. The van der Waals surface area contributed by atoms with E-state index in [0.717, 1.165) is 47.1 Å². The molecule has 4 heteroatoms. The van der Waals surface area contributed by atoms with Crippen molar-refractivity contribution in [1.29, 1.82) is 0 Å². The summed E-state index contributed by atoms with van der Waals surface area (Å²) < 4.78 is 19.0. The van der Waals surface area contributed by atoms with E-state index in [1.807, 2.05) is 26.0 Å². The molecule has 140 valence electrons. The van der Waals surface area contributed by atoms with Crippen molar-refractivity contribution in [1.82, 2.24) is 0 Å². The second kappa shape index (κ2) is 6.59. The Hall–Kier alpha value is -2.49. The first-order chi connectivity index (χ1) is 13.0. The standard InChI is InChI=1S/C23H23FO3/c1-3-15-8-11-18(16-6-9-17(24)10-7-16)14(2)19(15)20-21(25)23(27-22(20)26)12-4-5-13-23/h6-11,20H,3-5,12-13H2,1-2H3.